The van der Waals surface area contributed by atoms with E-state index in [2.05, 4.69) is 20.8 Å². The summed E-state index contributed by atoms with van der Waals surface area (Å²) >= 11 is 0. The van der Waals surface area contributed by atoms with Crippen molar-refractivity contribution in [2.24, 2.45) is 0 Å². The average molecular weight is 272 g/mol. The first-order valence-electron chi connectivity index (χ1n) is 5.79. The van der Waals surface area contributed by atoms with Crippen LogP contribution in [0.5, 0.6) is 0 Å². The van der Waals surface area contributed by atoms with Crippen LogP contribution in [0.15, 0.2) is 41.2 Å². The zero-order chi connectivity index (χ0) is 14.5. The van der Waals surface area contributed by atoms with Crippen molar-refractivity contribution >= 4 is 17.5 Å². The van der Waals surface area contributed by atoms with E-state index in [0.29, 0.717) is 11.3 Å². The third kappa shape index (κ3) is 3.08. The van der Waals surface area contributed by atoms with Crippen LogP contribution < -0.4 is 16.2 Å². The number of amides is 2. The number of hydrogen-bond donors (Lipinski definition) is 3. The van der Waals surface area contributed by atoms with Crippen LogP contribution in [0.4, 0.5) is 5.69 Å². The molecule has 0 aliphatic carbocycles. The Morgan fingerprint density at radius 2 is 1.75 bits per heavy atom. The number of nitrogens with one attached hydrogen (secondary N) is 3. The minimum atomic E-state index is -0.450. The SMILES string of the molecule is CNC(=O)c1ccc(NC(=O)c2ccc(=O)[nH]n2)cc1. The number of hydrogen-bond acceptors (Lipinski definition) is 4. The molecule has 0 radical (unpaired) electrons. The monoisotopic (exact) mass is 272 g/mol. The second kappa shape index (κ2) is 5.79. The largest absolute Gasteiger partial charge is 0.355 e. The lowest BCUT2D eigenvalue weighted by Crippen LogP contribution is -2.19. The van der Waals surface area contributed by atoms with Gasteiger partial charge in [0.2, 0.25) is 0 Å². The van der Waals surface area contributed by atoms with Gasteiger partial charge >= 0.3 is 0 Å². The third-order valence-electron chi connectivity index (χ3n) is 2.54. The van der Waals surface area contributed by atoms with Crippen LogP contribution in [0.1, 0.15) is 20.8 Å². The maximum absolute atomic E-state index is 11.8. The van der Waals surface area contributed by atoms with Crippen LogP contribution >= 0.6 is 0 Å². The second-order valence-electron chi connectivity index (χ2n) is 3.92. The summed E-state index contributed by atoms with van der Waals surface area (Å²) in [5, 5.41) is 10.9. The lowest BCUT2D eigenvalue weighted by molar-refractivity contribution is 0.0962. The van der Waals surface area contributed by atoms with E-state index in [1.807, 2.05) is 0 Å². The van der Waals surface area contributed by atoms with Gasteiger partial charge in [0.05, 0.1) is 0 Å². The molecular formula is C13H12N4O3. The summed E-state index contributed by atoms with van der Waals surface area (Å²) in [7, 11) is 1.54. The number of nitrogens with zero attached hydrogens (tertiary/aromatic N) is 1. The van der Waals surface area contributed by atoms with Crippen molar-refractivity contribution in [3.63, 3.8) is 0 Å². The number of carbonyl (C=O) groups is 2. The van der Waals surface area contributed by atoms with E-state index in [4.69, 9.17) is 0 Å². The maximum Gasteiger partial charge on any atom is 0.276 e. The molecule has 0 atom stereocenters. The van der Waals surface area contributed by atoms with Crippen molar-refractivity contribution in [3.8, 4) is 0 Å². The van der Waals surface area contributed by atoms with Gasteiger partial charge < -0.3 is 10.6 Å². The highest BCUT2D eigenvalue weighted by Crippen LogP contribution is 2.10. The Balaban J connectivity index is 2.10. The van der Waals surface area contributed by atoms with Crippen LogP contribution in [0.25, 0.3) is 0 Å². The van der Waals surface area contributed by atoms with Gasteiger partial charge in [-0.3, -0.25) is 14.4 Å². The smallest absolute Gasteiger partial charge is 0.276 e. The quantitative estimate of drug-likeness (QED) is 0.751. The molecule has 1 heterocycles. The first-order valence-corrected chi connectivity index (χ1v) is 5.79. The van der Waals surface area contributed by atoms with Crippen molar-refractivity contribution in [1.82, 2.24) is 15.5 Å². The lowest BCUT2D eigenvalue weighted by Gasteiger charge is -2.05. The Morgan fingerprint density at radius 3 is 2.30 bits per heavy atom. The molecule has 0 saturated carbocycles. The van der Waals surface area contributed by atoms with Crippen molar-refractivity contribution in [2.75, 3.05) is 12.4 Å². The molecular weight excluding hydrogens is 260 g/mol. The summed E-state index contributed by atoms with van der Waals surface area (Å²) in [6.07, 6.45) is 0. The molecule has 0 fully saturated rings. The molecule has 1 aromatic carbocycles. The molecule has 0 aliphatic heterocycles. The van der Waals surface area contributed by atoms with Gasteiger partial charge in [-0.1, -0.05) is 0 Å². The predicted octanol–water partition coefficient (Wildman–Crippen LogP) is 0.382. The van der Waals surface area contributed by atoms with Crippen LogP contribution in [0.2, 0.25) is 0 Å². The highest BCUT2D eigenvalue weighted by atomic mass is 16.2. The molecule has 0 bridgehead atoms. The highest BCUT2D eigenvalue weighted by molar-refractivity contribution is 6.03. The van der Waals surface area contributed by atoms with E-state index < -0.39 is 5.91 Å². The average Bonchev–Trinajstić information content (AvgIpc) is 2.48. The fourth-order valence-electron chi connectivity index (χ4n) is 1.52. The molecule has 7 nitrogen and oxygen atoms in total. The fourth-order valence-corrected chi connectivity index (χ4v) is 1.52. The van der Waals surface area contributed by atoms with Crippen molar-refractivity contribution < 1.29 is 9.59 Å². The Morgan fingerprint density at radius 1 is 1.05 bits per heavy atom. The van der Waals surface area contributed by atoms with Gasteiger partial charge in [0, 0.05) is 24.4 Å². The molecule has 0 spiro atoms. The van der Waals surface area contributed by atoms with Gasteiger partial charge in [-0.05, 0) is 30.3 Å². The number of aromatic nitrogens is 2. The molecule has 20 heavy (non-hydrogen) atoms. The molecule has 1 aromatic heterocycles. The summed E-state index contributed by atoms with van der Waals surface area (Å²) in [6.45, 7) is 0. The summed E-state index contributed by atoms with van der Waals surface area (Å²) in [4.78, 5) is 34.0. The first-order chi connectivity index (χ1) is 9.60. The highest BCUT2D eigenvalue weighted by Gasteiger charge is 2.08. The predicted molar refractivity (Wildman–Crippen MR) is 72.6 cm³/mol. The zero-order valence-electron chi connectivity index (χ0n) is 10.6. The van der Waals surface area contributed by atoms with Crippen molar-refractivity contribution in [2.45, 2.75) is 0 Å². The van der Waals surface area contributed by atoms with Crippen molar-refractivity contribution in [1.29, 1.82) is 0 Å². The molecule has 2 aromatic rings. The summed E-state index contributed by atoms with van der Waals surface area (Å²) in [5.74, 6) is -0.654. The van der Waals surface area contributed by atoms with E-state index in [0.717, 1.165) is 0 Å². The number of H-pyrrole nitrogens is 1. The fraction of sp³-hybridized carbons (Fsp3) is 0.0769. The summed E-state index contributed by atoms with van der Waals surface area (Å²) in [5.41, 5.74) is 0.736. The topological polar surface area (TPSA) is 104 Å². The first kappa shape index (κ1) is 13.5. The molecule has 0 saturated heterocycles. The second-order valence-corrected chi connectivity index (χ2v) is 3.92. The van der Waals surface area contributed by atoms with Crippen LogP contribution in [0.3, 0.4) is 0 Å². The molecule has 2 rings (SSSR count). The molecule has 3 N–H and O–H groups in total. The van der Waals surface area contributed by atoms with Gasteiger partial charge in [0.1, 0.15) is 5.69 Å². The maximum atomic E-state index is 11.8. The molecule has 102 valence electrons. The Bertz CT molecular complexity index is 671. The third-order valence-corrected chi connectivity index (χ3v) is 2.54. The van der Waals surface area contributed by atoms with E-state index >= 15 is 0 Å². The number of aromatic amines is 1. The molecule has 7 heteroatoms. The Kier molecular flexibility index (Phi) is 3.90. The van der Waals surface area contributed by atoms with Crippen LogP contribution in [-0.2, 0) is 0 Å². The standard InChI is InChI=1S/C13H12N4O3/c1-14-12(19)8-2-4-9(5-3-8)15-13(20)10-6-7-11(18)17-16-10/h2-7H,1H3,(H,14,19)(H,15,20)(H,17,18). The minimum absolute atomic E-state index is 0.0972. The van der Waals surface area contributed by atoms with Crippen molar-refractivity contribution in [3.05, 3.63) is 58.0 Å². The normalized spacial score (nSPS) is 9.85. The van der Waals surface area contributed by atoms with Crippen LogP contribution in [0, 0.1) is 0 Å². The number of benzene rings is 1. The van der Waals surface area contributed by atoms with Gasteiger partial charge in [-0.15, -0.1) is 0 Å². The van der Waals surface area contributed by atoms with E-state index in [-0.39, 0.29) is 17.2 Å². The number of rotatable bonds is 3. The lowest BCUT2D eigenvalue weighted by atomic mass is 10.2. The number of anilines is 1. The Labute approximate surface area is 114 Å². The molecule has 0 aliphatic rings. The summed E-state index contributed by atoms with van der Waals surface area (Å²) in [6, 6.07) is 8.94. The van der Waals surface area contributed by atoms with E-state index in [9.17, 15) is 14.4 Å². The van der Waals surface area contributed by atoms with Gasteiger partial charge in [0.25, 0.3) is 17.4 Å². The summed E-state index contributed by atoms with van der Waals surface area (Å²) < 4.78 is 0. The zero-order valence-corrected chi connectivity index (χ0v) is 10.6. The number of carbonyl (C=O) groups excluding carboxylic acids is 2. The minimum Gasteiger partial charge on any atom is -0.355 e. The molecule has 0 unspecified atom stereocenters. The van der Waals surface area contributed by atoms with Gasteiger partial charge in [-0.25, -0.2) is 5.10 Å². The Hall–Kier alpha value is -2.96. The van der Waals surface area contributed by atoms with Gasteiger partial charge in [-0.2, -0.15) is 5.10 Å². The van der Waals surface area contributed by atoms with E-state index in [1.54, 1.807) is 31.3 Å². The molecule has 2 amide bonds. The van der Waals surface area contributed by atoms with Crippen LogP contribution in [-0.4, -0.2) is 29.1 Å². The van der Waals surface area contributed by atoms with Gasteiger partial charge in [0.15, 0.2) is 0 Å². The van der Waals surface area contributed by atoms with E-state index in [1.165, 1.54) is 12.1 Å².